The van der Waals surface area contributed by atoms with Gasteiger partial charge in [-0.15, -0.1) is 0 Å². The Kier molecular flexibility index (Phi) is 4.43. The summed E-state index contributed by atoms with van der Waals surface area (Å²) >= 11 is 3.10. The number of hydrazone groups is 1. The minimum absolute atomic E-state index is 0.0824. The van der Waals surface area contributed by atoms with Gasteiger partial charge in [-0.3, -0.25) is 14.9 Å². The zero-order valence-electron chi connectivity index (χ0n) is 12.1. The standard InChI is InChI=1S/C15H10BrN3O5/c16-11-3-1-9(5-12(11)19(21)22)7-17-18-15(20)10-2-4-13-14(6-10)24-8-23-13/h1-7H,8H2,(H,18,20)/b17-7-. The van der Waals surface area contributed by atoms with E-state index in [0.29, 0.717) is 27.1 Å². The number of amides is 1. The second-order valence-corrected chi connectivity index (χ2v) is 5.59. The van der Waals surface area contributed by atoms with E-state index in [0.717, 1.165) is 0 Å². The van der Waals surface area contributed by atoms with Crippen molar-refractivity contribution in [1.29, 1.82) is 0 Å². The Morgan fingerprint density at radius 3 is 2.83 bits per heavy atom. The Morgan fingerprint density at radius 2 is 2.04 bits per heavy atom. The van der Waals surface area contributed by atoms with Crippen LogP contribution in [-0.2, 0) is 0 Å². The third kappa shape index (κ3) is 3.35. The van der Waals surface area contributed by atoms with Crippen LogP contribution in [0.5, 0.6) is 11.5 Å². The minimum Gasteiger partial charge on any atom is -0.454 e. The van der Waals surface area contributed by atoms with Crippen molar-refractivity contribution in [2.75, 3.05) is 6.79 Å². The fraction of sp³-hybridized carbons (Fsp3) is 0.0667. The van der Waals surface area contributed by atoms with Crippen molar-refractivity contribution >= 4 is 33.7 Å². The van der Waals surface area contributed by atoms with Crippen LogP contribution in [0.15, 0.2) is 46.0 Å². The Labute approximate surface area is 144 Å². The van der Waals surface area contributed by atoms with E-state index in [1.807, 2.05) is 0 Å². The number of fused-ring (bicyclic) bond motifs is 1. The summed E-state index contributed by atoms with van der Waals surface area (Å²) in [5, 5.41) is 14.7. The molecular formula is C15H10BrN3O5. The summed E-state index contributed by atoms with van der Waals surface area (Å²) in [4.78, 5) is 22.4. The average molecular weight is 392 g/mol. The topological polar surface area (TPSA) is 103 Å². The Hall–Kier alpha value is -2.94. The second kappa shape index (κ2) is 6.67. The summed E-state index contributed by atoms with van der Waals surface area (Å²) < 4.78 is 10.7. The highest BCUT2D eigenvalue weighted by molar-refractivity contribution is 9.10. The molecule has 0 unspecified atom stereocenters. The van der Waals surface area contributed by atoms with Gasteiger partial charge in [-0.2, -0.15) is 5.10 Å². The maximum atomic E-state index is 12.0. The van der Waals surface area contributed by atoms with E-state index in [4.69, 9.17) is 9.47 Å². The predicted molar refractivity (Wildman–Crippen MR) is 88.4 cm³/mol. The Bertz CT molecular complexity index is 853. The largest absolute Gasteiger partial charge is 0.454 e. The third-order valence-electron chi connectivity index (χ3n) is 3.18. The van der Waals surface area contributed by atoms with E-state index in [9.17, 15) is 14.9 Å². The Morgan fingerprint density at radius 1 is 1.25 bits per heavy atom. The van der Waals surface area contributed by atoms with Gasteiger partial charge >= 0.3 is 0 Å². The van der Waals surface area contributed by atoms with Crippen LogP contribution in [0.2, 0.25) is 0 Å². The van der Waals surface area contributed by atoms with Crippen LogP contribution >= 0.6 is 15.9 Å². The van der Waals surface area contributed by atoms with E-state index in [-0.39, 0.29) is 12.5 Å². The van der Waals surface area contributed by atoms with Gasteiger partial charge in [0.25, 0.3) is 11.6 Å². The molecule has 0 aliphatic carbocycles. The lowest BCUT2D eigenvalue weighted by atomic mass is 10.2. The van der Waals surface area contributed by atoms with Crippen molar-refractivity contribution in [2.45, 2.75) is 0 Å². The van der Waals surface area contributed by atoms with Crippen LogP contribution in [0, 0.1) is 10.1 Å². The molecule has 0 bridgehead atoms. The fourth-order valence-corrected chi connectivity index (χ4v) is 2.41. The van der Waals surface area contributed by atoms with Crippen LogP contribution < -0.4 is 14.9 Å². The SMILES string of the molecule is O=C(N/N=C\c1ccc(Br)c([N+](=O)[O-])c1)c1ccc2c(c1)OCO2. The van der Waals surface area contributed by atoms with Gasteiger partial charge in [0.2, 0.25) is 6.79 Å². The summed E-state index contributed by atoms with van der Waals surface area (Å²) in [6.45, 7) is 0.126. The lowest BCUT2D eigenvalue weighted by Crippen LogP contribution is -2.17. The van der Waals surface area contributed by atoms with Gasteiger partial charge in [-0.1, -0.05) is 6.07 Å². The number of benzene rings is 2. The number of carbonyl (C=O) groups is 1. The number of hydrogen-bond donors (Lipinski definition) is 1. The molecule has 1 amide bonds. The summed E-state index contributed by atoms with van der Waals surface area (Å²) in [6.07, 6.45) is 1.32. The number of hydrogen-bond acceptors (Lipinski definition) is 6. The van der Waals surface area contributed by atoms with Gasteiger partial charge in [-0.05, 0) is 40.2 Å². The molecule has 1 heterocycles. The van der Waals surface area contributed by atoms with Crippen LogP contribution in [-0.4, -0.2) is 23.8 Å². The molecule has 0 radical (unpaired) electrons. The van der Waals surface area contributed by atoms with Crippen molar-refractivity contribution in [1.82, 2.24) is 5.43 Å². The van der Waals surface area contributed by atoms with Gasteiger partial charge in [-0.25, -0.2) is 5.43 Å². The van der Waals surface area contributed by atoms with Gasteiger partial charge in [0.1, 0.15) is 0 Å². The van der Waals surface area contributed by atoms with Gasteiger partial charge in [0.05, 0.1) is 15.6 Å². The molecule has 1 N–H and O–H groups in total. The number of nitrogens with zero attached hydrogens (tertiary/aromatic N) is 2. The van der Waals surface area contributed by atoms with Crippen molar-refractivity contribution < 1.29 is 19.2 Å². The summed E-state index contributed by atoms with van der Waals surface area (Å²) in [7, 11) is 0. The lowest BCUT2D eigenvalue weighted by molar-refractivity contribution is -0.385. The number of carbonyl (C=O) groups excluding carboxylic acids is 1. The molecule has 0 saturated heterocycles. The van der Waals surface area contributed by atoms with Crippen LogP contribution in [0.3, 0.4) is 0 Å². The van der Waals surface area contributed by atoms with E-state index in [1.54, 1.807) is 30.3 Å². The monoisotopic (exact) mass is 391 g/mol. The zero-order chi connectivity index (χ0) is 17.1. The minimum atomic E-state index is -0.507. The van der Waals surface area contributed by atoms with Gasteiger partial charge in [0, 0.05) is 17.2 Å². The first-order chi connectivity index (χ1) is 11.5. The molecule has 2 aromatic rings. The molecule has 8 nitrogen and oxygen atoms in total. The lowest BCUT2D eigenvalue weighted by Gasteiger charge is -2.02. The normalized spacial score (nSPS) is 12.4. The van der Waals surface area contributed by atoms with Crippen LogP contribution in [0.1, 0.15) is 15.9 Å². The molecule has 0 aromatic heterocycles. The molecule has 1 aliphatic rings. The molecule has 24 heavy (non-hydrogen) atoms. The molecule has 0 saturated carbocycles. The predicted octanol–water partition coefficient (Wildman–Crippen LogP) is 2.85. The zero-order valence-corrected chi connectivity index (χ0v) is 13.6. The molecule has 0 atom stereocenters. The number of nitro benzene ring substituents is 1. The van der Waals surface area contributed by atoms with Gasteiger partial charge < -0.3 is 9.47 Å². The highest BCUT2D eigenvalue weighted by Crippen LogP contribution is 2.32. The number of ether oxygens (including phenoxy) is 2. The smallest absolute Gasteiger partial charge is 0.284 e. The summed E-state index contributed by atoms with van der Waals surface area (Å²) in [5.74, 6) is 0.642. The molecule has 3 rings (SSSR count). The van der Waals surface area contributed by atoms with Gasteiger partial charge in [0.15, 0.2) is 11.5 Å². The quantitative estimate of drug-likeness (QED) is 0.490. The van der Waals surface area contributed by atoms with Crippen LogP contribution in [0.25, 0.3) is 0 Å². The van der Waals surface area contributed by atoms with Crippen molar-refractivity contribution in [2.24, 2.45) is 5.10 Å². The molecule has 0 fully saturated rings. The first-order valence-corrected chi connectivity index (χ1v) is 7.51. The maximum Gasteiger partial charge on any atom is 0.284 e. The van der Waals surface area contributed by atoms with Crippen molar-refractivity contribution in [3.05, 3.63) is 62.1 Å². The third-order valence-corrected chi connectivity index (χ3v) is 3.85. The summed E-state index contributed by atoms with van der Waals surface area (Å²) in [6, 6.07) is 9.30. The number of halogens is 1. The Balaban J connectivity index is 1.69. The summed E-state index contributed by atoms with van der Waals surface area (Å²) in [5.41, 5.74) is 3.11. The highest BCUT2D eigenvalue weighted by Gasteiger charge is 2.16. The maximum absolute atomic E-state index is 12.0. The number of rotatable bonds is 4. The molecule has 9 heteroatoms. The van der Waals surface area contributed by atoms with Crippen molar-refractivity contribution in [3.8, 4) is 11.5 Å². The number of nitrogens with one attached hydrogen (secondary N) is 1. The van der Waals surface area contributed by atoms with E-state index in [2.05, 4.69) is 26.5 Å². The van der Waals surface area contributed by atoms with E-state index in [1.165, 1.54) is 12.3 Å². The second-order valence-electron chi connectivity index (χ2n) is 4.74. The van der Waals surface area contributed by atoms with E-state index >= 15 is 0 Å². The highest BCUT2D eigenvalue weighted by atomic mass is 79.9. The van der Waals surface area contributed by atoms with E-state index < -0.39 is 10.8 Å². The molecule has 2 aromatic carbocycles. The van der Waals surface area contributed by atoms with Crippen LogP contribution in [0.4, 0.5) is 5.69 Å². The first kappa shape index (κ1) is 15.9. The molecule has 1 aliphatic heterocycles. The fourth-order valence-electron chi connectivity index (χ4n) is 2.02. The molecule has 122 valence electrons. The number of nitro groups is 1. The molecule has 0 spiro atoms. The first-order valence-electron chi connectivity index (χ1n) is 6.71. The average Bonchev–Trinajstić information content (AvgIpc) is 3.03. The molecular weight excluding hydrogens is 382 g/mol. The van der Waals surface area contributed by atoms with Crippen molar-refractivity contribution in [3.63, 3.8) is 0 Å².